The Kier molecular flexibility index (Phi) is 5.60. The van der Waals surface area contributed by atoms with E-state index in [2.05, 4.69) is 28.6 Å². The van der Waals surface area contributed by atoms with Crippen molar-refractivity contribution in [2.45, 2.75) is 12.8 Å². The highest BCUT2D eigenvalue weighted by molar-refractivity contribution is 7.99. The number of likely N-dealkylation sites (N-methyl/N-ethyl adjacent to an activating group) is 1. The van der Waals surface area contributed by atoms with E-state index in [1.807, 2.05) is 0 Å². The third kappa shape index (κ3) is 4.12. The van der Waals surface area contributed by atoms with Crippen LogP contribution in [-0.2, 0) is 0 Å². The molecular formula is C13H26N2OS. The monoisotopic (exact) mass is 258 g/mol. The molecule has 100 valence electrons. The molecule has 1 unspecified atom stereocenters. The standard InChI is InChI=1S/C13H26N2OS/c1-14-4-6-15(7-5-14)10-13(11-16)12-2-8-17-9-3-12/h12-13,16H,2-11H2,1H3. The van der Waals surface area contributed by atoms with Crippen molar-refractivity contribution in [3.8, 4) is 0 Å². The van der Waals surface area contributed by atoms with Gasteiger partial charge in [0.25, 0.3) is 0 Å². The molecule has 2 rings (SSSR count). The van der Waals surface area contributed by atoms with Gasteiger partial charge in [0.05, 0.1) is 0 Å². The van der Waals surface area contributed by atoms with E-state index < -0.39 is 0 Å². The second kappa shape index (κ2) is 6.98. The summed E-state index contributed by atoms with van der Waals surface area (Å²) in [6.45, 7) is 6.20. The van der Waals surface area contributed by atoms with Crippen LogP contribution in [0.5, 0.6) is 0 Å². The maximum absolute atomic E-state index is 9.62. The van der Waals surface area contributed by atoms with E-state index in [0.717, 1.165) is 12.5 Å². The fourth-order valence-corrected chi connectivity index (χ4v) is 4.05. The van der Waals surface area contributed by atoms with E-state index in [9.17, 15) is 5.11 Å². The first-order chi connectivity index (χ1) is 8.29. The largest absolute Gasteiger partial charge is 0.396 e. The third-order valence-electron chi connectivity index (χ3n) is 4.26. The summed E-state index contributed by atoms with van der Waals surface area (Å²) in [4.78, 5) is 4.93. The van der Waals surface area contributed by atoms with Crippen molar-refractivity contribution in [3.05, 3.63) is 0 Å². The Bertz CT molecular complexity index is 213. The average molecular weight is 258 g/mol. The molecule has 4 heteroatoms. The normalized spacial score (nSPS) is 27.2. The van der Waals surface area contributed by atoms with Crippen LogP contribution in [0.2, 0.25) is 0 Å². The number of piperazine rings is 1. The summed E-state index contributed by atoms with van der Waals surface area (Å²) < 4.78 is 0. The lowest BCUT2D eigenvalue weighted by Crippen LogP contribution is -2.47. The summed E-state index contributed by atoms with van der Waals surface area (Å²) in [5.41, 5.74) is 0. The molecule has 2 aliphatic rings. The van der Waals surface area contributed by atoms with Gasteiger partial charge in [-0.15, -0.1) is 0 Å². The van der Waals surface area contributed by atoms with Gasteiger partial charge in [0.2, 0.25) is 0 Å². The molecule has 0 aromatic carbocycles. The van der Waals surface area contributed by atoms with E-state index in [1.54, 1.807) is 0 Å². The Morgan fingerprint density at radius 2 is 1.82 bits per heavy atom. The lowest BCUT2D eigenvalue weighted by molar-refractivity contribution is 0.0858. The van der Waals surface area contributed by atoms with Crippen molar-refractivity contribution < 1.29 is 5.11 Å². The minimum atomic E-state index is 0.377. The fourth-order valence-electron chi connectivity index (χ4n) is 2.91. The lowest BCUT2D eigenvalue weighted by atomic mass is 9.87. The van der Waals surface area contributed by atoms with E-state index in [0.29, 0.717) is 12.5 Å². The van der Waals surface area contributed by atoms with Crippen molar-refractivity contribution in [2.75, 3.05) is 57.9 Å². The minimum absolute atomic E-state index is 0.377. The quantitative estimate of drug-likeness (QED) is 0.813. The Morgan fingerprint density at radius 1 is 1.18 bits per heavy atom. The van der Waals surface area contributed by atoms with Gasteiger partial charge < -0.3 is 14.9 Å². The molecule has 1 N–H and O–H groups in total. The number of aliphatic hydroxyl groups is 1. The molecule has 0 aromatic heterocycles. The fraction of sp³-hybridized carbons (Fsp3) is 1.00. The summed E-state index contributed by atoms with van der Waals surface area (Å²) >= 11 is 2.07. The van der Waals surface area contributed by atoms with Crippen molar-refractivity contribution in [3.63, 3.8) is 0 Å². The second-order valence-electron chi connectivity index (χ2n) is 5.50. The number of rotatable bonds is 4. The van der Waals surface area contributed by atoms with Crippen LogP contribution < -0.4 is 0 Å². The lowest BCUT2D eigenvalue weighted by Gasteiger charge is -2.37. The molecule has 0 radical (unpaired) electrons. The van der Waals surface area contributed by atoms with Crippen LogP contribution in [0.4, 0.5) is 0 Å². The smallest absolute Gasteiger partial charge is 0.0474 e. The highest BCUT2D eigenvalue weighted by Gasteiger charge is 2.26. The van der Waals surface area contributed by atoms with Gasteiger partial charge in [-0.25, -0.2) is 0 Å². The van der Waals surface area contributed by atoms with Crippen molar-refractivity contribution in [1.29, 1.82) is 0 Å². The number of hydrogen-bond acceptors (Lipinski definition) is 4. The van der Waals surface area contributed by atoms with Gasteiger partial charge in [0, 0.05) is 39.3 Å². The third-order valence-corrected chi connectivity index (χ3v) is 5.30. The number of hydrogen-bond donors (Lipinski definition) is 1. The Morgan fingerprint density at radius 3 is 2.41 bits per heavy atom. The first kappa shape index (κ1) is 13.7. The zero-order valence-corrected chi connectivity index (χ0v) is 11.8. The van der Waals surface area contributed by atoms with Crippen LogP contribution in [0.15, 0.2) is 0 Å². The number of aliphatic hydroxyl groups excluding tert-OH is 1. The van der Waals surface area contributed by atoms with E-state index in [4.69, 9.17) is 0 Å². The van der Waals surface area contributed by atoms with Gasteiger partial charge in [-0.05, 0) is 43.2 Å². The molecule has 2 fully saturated rings. The molecular weight excluding hydrogens is 232 g/mol. The molecule has 0 saturated carbocycles. The summed E-state index contributed by atoms with van der Waals surface area (Å²) in [5, 5.41) is 9.62. The van der Waals surface area contributed by atoms with Crippen LogP contribution in [0.25, 0.3) is 0 Å². The van der Waals surface area contributed by atoms with Gasteiger partial charge in [0.1, 0.15) is 0 Å². The van der Waals surface area contributed by atoms with Crippen LogP contribution in [0.3, 0.4) is 0 Å². The first-order valence-corrected chi connectivity index (χ1v) is 8.04. The molecule has 0 aromatic rings. The van der Waals surface area contributed by atoms with Crippen molar-refractivity contribution in [1.82, 2.24) is 9.80 Å². The maximum Gasteiger partial charge on any atom is 0.0474 e. The van der Waals surface area contributed by atoms with Crippen LogP contribution in [0.1, 0.15) is 12.8 Å². The zero-order chi connectivity index (χ0) is 12.1. The Balaban J connectivity index is 1.78. The van der Waals surface area contributed by atoms with Gasteiger partial charge in [-0.3, -0.25) is 0 Å². The molecule has 0 spiro atoms. The maximum atomic E-state index is 9.62. The van der Waals surface area contributed by atoms with Crippen molar-refractivity contribution in [2.24, 2.45) is 11.8 Å². The van der Waals surface area contributed by atoms with Crippen molar-refractivity contribution >= 4 is 11.8 Å². The Hall–Kier alpha value is 0.230. The van der Waals surface area contributed by atoms with Crippen LogP contribution >= 0.6 is 11.8 Å². The summed E-state index contributed by atoms with van der Waals surface area (Å²) in [6, 6.07) is 0. The number of thioether (sulfide) groups is 1. The van der Waals surface area contributed by atoms with Gasteiger partial charge in [-0.2, -0.15) is 11.8 Å². The average Bonchev–Trinajstić information content (AvgIpc) is 2.39. The van der Waals surface area contributed by atoms with Gasteiger partial charge >= 0.3 is 0 Å². The molecule has 1 atom stereocenters. The molecule has 0 bridgehead atoms. The van der Waals surface area contributed by atoms with E-state index in [-0.39, 0.29) is 0 Å². The summed E-state index contributed by atoms with van der Waals surface area (Å²) in [6.07, 6.45) is 2.62. The predicted molar refractivity (Wildman–Crippen MR) is 74.6 cm³/mol. The Labute approximate surface area is 110 Å². The summed E-state index contributed by atoms with van der Waals surface area (Å²) in [5.74, 6) is 3.87. The highest BCUT2D eigenvalue weighted by atomic mass is 32.2. The molecule has 2 saturated heterocycles. The zero-order valence-electron chi connectivity index (χ0n) is 11.0. The van der Waals surface area contributed by atoms with E-state index in [1.165, 1.54) is 50.5 Å². The summed E-state index contributed by atoms with van der Waals surface area (Å²) in [7, 11) is 2.19. The molecule has 2 heterocycles. The molecule has 2 aliphatic heterocycles. The highest BCUT2D eigenvalue weighted by Crippen LogP contribution is 2.29. The SMILES string of the molecule is CN1CCN(CC(CO)C2CCSCC2)CC1. The predicted octanol–water partition coefficient (Wildman–Crippen LogP) is 0.985. The number of nitrogens with zero attached hydrogens (tertiary/aromatic N) is 2. The van der Waals surface area contributed by atoms with Gasteiger partial charge in [0.15, 0.2) is 0 Å². The second-order valence-corrected chi connectivity index (χ2v) is 6.72. The molecule has 0 aliphatic carbocycles. The molecule has 17 heavy (non-hydrogen) atoms. The van der Waals surface area contributed by atoms with Crippen LogP contribution in [-0.4, -0.2) is 72.8 Å². The van der Waals surface area contributed by atoms with Gasteiger partial charge in [-0.1, -0.05) is 0 Å². The first-order valence-electron chi connectivity index (χ1n) is 6.89. The molecule has 0 amide bonds. The van der Waals surface area contributed by atoms with Crippen LogP contribution in [0, 0.1) is 11.8 Å². The topological polar surface area (TPSA) is 26.7 Å². The molecule has 3 nitrogen and oxygen atoms in total. The minimum Gasteiger partial charge on any atom is -0.396 e. The van der Waals surface area contributed by atoms with E-state index >= 15 is 0 Å².